The van der Waals surface area contributed by atoms with Crippen LogP contribution in [-0.2, 0) is 0 Å². The number of nitrogens with one attached hydrogen (secondary N) is 2. The number of benzene rings is 2. The molecule has 1 saturated carbocycles. The van der Waals surface area contributed by atoms with E-state index >= 15 is 0 Å². The Morgan fingerprint density at radius 2 is 1.86 bits per heavy atom. The van der Waals surface area contributed by atoms with E-state index in [2.05, 4.69) is 15.8 Å². The van der Waals surface area contributed by atoms with Gasteiger partial charge in [0.05, 0.1) is 12.8 Å². The highest BCUT2D eigenvalue weighted by Crippen LogP contribution is 2.25. The minimum absolute atomic E-state index is 0.168. The first kappa shape index (κ1) is 19.1. The smallest absolute Gasteiger partial charge is 0.257 e. The van der Waals surface area contributed by atoms with Gasteiger partial charge in [-0.05, 0) is 37.1 Å². The van der Waals surface area contributed by atoms with E-state index in [4.69, 9.17) is 9.15 Å². The highest BCUT2D eigenvalue weighted by Gasteiger charge is 2.20. The summed E-state index contributed by atoms with van der Waals surface area (Å²) in [5.74, 6) is 0.428. The Balaban J connectivity index is 1.74. The Labute approximate surface area is 169 Å². The summed E-state index contributed by atoms with van der Waals surface area (Å²) in [6.07, 6.45) is 5.56. The van der Waals surface area contributed by atoms with Gasteiger partial charge in [-0.25, -0.2) is 0 Å². The van der Waals surface area contributed by atoms with Gasteiger partial charge in [0, 0.05) is 11.4 Å². The average molecular weight is 391 g/mol. The summed E-state index contributed by atoms with van der Waals surface area (Å²) < 4.78 is 11.4. The van der Waals surface area contributed by atoms with E-state index in [0.29, 0.717) is 16.9 Å². The maximum absolute atomic E-state index is 13.1. The van der Waals surface area contributed by atoms with E-state index in [0.717, 1.165) is 36.8 Å². The number of nitrogens with zero attached hydrogens (tertiary/aromatic N) is 1. The van der Waals surface area contributed by atoms with Gasteiger partial charge in [0.25, 0.3) is 5.91 Å². The Morgan fingerprint density at radius 3 is 2.62 bits per heavy atom. The van der Waals surface area contributed by atoms with E-state index < -0.39 is 0 Å². The van der Waals surface area contributed by atoms with Crippen molar-refractivity contribution < 1.29 is 13.9 Å². The zero-order valence-electron chi connectivity index (χ0n) is 16.5. The quantitative estimate of drug-likeness (QED) is 0.631. The van der Waals surface area contributed by atoms with Crippen molar-refractivity contribution in [2.24, 2.45) is 5.10 Å². The first-order valence-electron chi connectivity index (χ1n) is 10.0. The van der Waals surface area contributed by atoms with Crippen LogP contribution in [0, 0.1) is 0 Å². The summed E-state index contributed by atoms with van der Waals surface area (Å²) in [5.41, 5.74) is 4.96. The lowest BCUT2D eigenvalue weighted by molar-refractivity contribution is 0.0923. The molecule has 2 aromatic carbocycles. The molecular formula is C23H25N3O3. The van der Waals surface area contributed by atoms with Crippen LogP contribution in [0.3, 0.4) is 0 Å². The Kier molecular flexibility index (Phi) is 5.79. The molecule has 1 aliphatic carbocycles. The van der Waals surface area contributed by atoms with Crippen molar-refractivity contribution in [2.75, 3.05) is 12.5 Å². The first-order chi connectivity index (χ1) is 14.2. The zero-order valence-corrected chi connectivity index (χ0v) is 16.5. The molecule has 4 rings (SSSR count). The first-order valence-corrected chi connectivity index (χ1v) is 10.0. The van der Waals surface area contributed by atoms with Crippen LogP contribution >= 0.6 is 0 Å². The predicted octanol–water partition coefficient (Wildman–Crippen LogP) is 4.43. The number of hydrogen-bond donors (Lipinski definition) is 2. The molecule has 6 heteroatoms. The average Bonchev–Trinajstić information content (AvgIpc) is 2.78. The van der Waals surface area contributed by atoms with E-state index in [1.807, 2.05) is 54.6 Å². The molecule has 2 N–H and O–H groups in total. The maximum Gasteiger partial charge on any atom is 0.257 e. The highest BCUT2D eigenvalue weighted by atomic mass is 16.5. The molecule has 1 aliphatic rings. The number of para-hydroxylation sites is 2. The summed E-state index contributed by atoms with van der Waals surface area (Å²) in [7, 11) is 1.59. The molecule has 3 aromatic rings. The molecule has 0 bridgehead atoms. The highest BCUT2D eigenvalue weighted by molar-refractivity contribution is 5.97. The number of ether oxygens (including phenoxy) is 1. The standard InChI is InChI=1S/C23H25N3O3/c1-28-20-14-8-9-16-15-19(22(27)24-17-10-4-2-5-11-17)23(29-21(16)20)26-25-18-12-6-3-7-13-18/h3,6-9,12-15,17,25H,2,4-5,10-11H2,1H3,(H,24,27). The summed E-state index contributed by atoms with van der Waals surface area (Å²) in [5, 5.41) is 8.32. The lowest BCUT2D eigenvalue weighted by atomic mass is 9.95. The molecule has 0 saturated heterocycles. The fraction of sp³-hybridized carbons (Fsp3) is 0.304. The van der Waals surface area contributed by atoms with E-state index in [1.54, 1.807) is 7.11 Å². The maximum atomic E-state index is 13.1. The summed E-state index contributed by atoms with van der Waals surface area (Å²) in [4.78, 5) is 13.1. The van der Waals surface area contributed by atoms with Crippen molar-refractivity contribution in [3.05, 3.63) is 65.7 Å². The molecule has 1 heterocycles. The van der Waals surface area contributed by atoms with Gasteiger partial charge in [-0.1, -0.05) is 49.6 Å². The lowest BCUT2D eigenvalue weighted by Gasteiger charge is -2.22. The third-order valence-corrected chi connectivity index (χ3v) is 5.20. The normalized spacial score (nSPS) is 15.3. The van der Waals surface area contributed by atoms with Gasteiger partial charge in [-0.3, -0.25) is 10.2 Å². The lowest BCUT2D eigenvalue weighted by Crippen LogP contribution is -2.38. The van der Waals surface area contributed by atoms with Gasteiger partial charge in [0.15, 0.2) is 11.3 Å². The van der Waals surface area contributed by atoms with Crippen LogP contribution in [0.25, 0.3) is 11.0 Å². The topological polar surface area (TPSA) is 75.9 Å². The molecule has 150 valence electrons. The zero-order chi connectivity index (χ0) is 20.1. The second kappa shape index (κ2) is 8.82. The van der Waals surface area contributed by atoms with Crippen molar-refractivity contribution in [2.45, 2.75) is 38.1 Å². The van der Waals surface area contributed by atoms with Gasteiger partial charge in [-0.2, -0.15) is 0 Å². The summed E-state index contributed by atoms with van der Waals surface area (Å²) in [6, 6.07) is 17.1. The number of carbonyl (C=O) groups excluding carboxylic acids is 1. The van der Waals surface area contributed by atoms with E-state index in [-0.39, 0.29) is 17.5 Å². The number of fused-ring (bicyclic) bond motifs is 1. The van der Waals surface area contributed by atoms with Crippen molar-refractivity contribution in [3.63, 3.8) is 0 Å². The number of hydrogen-bond acceptors (Lipinski definition) is 5. The van der Waals surface area contributed by atoms with Crippen LogP contribution in [0.5, 0.6) is 5.75 Å². The minimum Gasteiger partial charge on any atom is -0.493 e. The Morgan fingerprint density at radius 1 is 1.07 bits per heavy atom. The largest absolute Gasteiger partial charge is 0.493 e. The number of amides is 1. The molecule has 29 heavy (non-hydrogen) atoms. The van der Waals surface area contributed by atoms with Crippen molar-refractivity contribution in [1.82, 2.24) is 5.32 Å². The van der Waals surface area contributed by atoms with E-state index in [9.17, 15) is 4.79 Å². The number of anilines is 1. The molecule has 0 spiro atoms. The van der Waals surface area contributed by atoms with Gasteiger partial charge >= 0.3 is 0 Å². The molecule has 1 fully saturated rings. The van der Waals surface area contributed by atoms with Crippen LogP contribution in [0.4, 0.5) is 5.69 Å². The van der Waals surface area contributed by atoms with Crippen molar-refractivity contribution in [3.8, 4) is 5.75 Å². The van der Waals surface area contributed by atoms with Gasteiger partial charge in [-0.15, -0.1) is 5.10 Å². The SMILES string of the molecule is COc1cccc2cc(C(=O)NC3CCCCC3)c(=NNc3ccccc3)oc12. The molecule has 0 aliphatic heterocycles. The molecule has 0 radical (unpaired) electrons. The van der Waals surface area contributed by atoms with Crippen LogP contribution in [0.2, 0.25) is 0 Å². The Hall–Kier alpha value is -3.28. The second-order valence-corrected chi connectivity index (χ2v) is 7.24. The third kappa shape index (κ3) is 4.42. The predicted molar refractivity (Wildman–Crippen MR) is 113 cm³/mol. The molecule has 0 unspecified atom stereocenters. The molecule has 1 amide bonds. The van der Waals surface area contributed by atoms with E-state index in [1.165, 1.54) is 6.42 Å². The third-order valence-electron chi connectivity index (χ3n) is 5.20. The number of methoxy groups -OCH3 is 1. The molecular weight excluding hydrogens is 366 g/mol. The van der Waals surface area contributed by atoms with Gasteiger partial charge in [0.2, 0.25) is 5.55 Å². The molecule has 0 atom stereocenters. The second-order valence-electron chi connectivity index (χ2n) is 7.24. The van der Waals surface area contributed by atoms with Crippen molar-refractivity contribution >= 4 is 22.6 Å². The Bertz CT molecular complexity index is 1050. The minimum atomic E-state index is -0.168. The number of rotatable bonds is 5. The van der Waals surface area contributed by atoms with Crippen LogP contribution in [-0.4, -0.2) is 19.1 Å². The van der Waals surface area contributed by atoms with Crippen LogP contribution in [0.15, 0.2) is 64.1 Å². The van der Waals surface area contributed by atoms with Crippen molar-refractivity contribution in [1.29, 1.82) is 0 Å². The fourth-order valence-electron chi connectivity index (χ4n) is 3.67. The monoisotopic (exact) mass is 391 g/mol. The van der Waals surface area contributed by atoms with Gasteiger partial charge < -0.3 is 14.5 Å². The summed E-state index contributed by atoms with van der Waals surface area (Å²) in [6.45, 7) is 0. The molecule has 1 aromatic heterocycles. The van der Waals surface area contributed by atoms with Gasteiger partial charge in [0.1, 0.15) is 5.56 Å². The van der Waals surface area contributed by atoms with Crippen LogP contribution < -0.4 is 21.0 Å². The summed E-state index contributed by atoms with van der Waals surface area (Å²) >= 11 is 0. The number of carbonyl (C=O) groups is 1. The fourth-order valence-corrected chi connectivity index (χ4v) is 3.67. The molecule has 6 nitrogen and oxygen atoms in total. The van der Waals surface area contributed by atoms with Crippen LogP contribution in [0.1, 0.15) is 42.5 Å².